The second-order valence-electron chi connectivity index (χ2n) is 7.73. The standard InChI is InChI=1S/C23H26N2O6S/c26-21(20-13-14-25(20)32(30,31)19-9-5-2-6-10-19)15-18(23(28)29)16-24-22(27)12-11-17-7-3-1-4-8-17/h1-10,18,20H,11-16H2,(H,24,27)(H,28,29). The number of ketones is 1. The lowest BCUT2D eigenvalue weighted by Gasteiger charge is -2.38. The first kappa shape index (κ1) is 23.6. The lowest BCUT2D eigenvalue weighted by molar-refractivity contribution is -0.144. The molecule has 1 amide bonds. The van der Waals surface area contributed by atoms with Gasteiger partial charge in [0, 0.05) is 25.9 Å². The van der Waals surface area contributed by atoms with Crippen LogP contribution in [0.4, 0.5) is 0 Å². The number of hydrogen-bond donors (Lipinski definition) is 2. The number of Topliss-reactive ketones (excluding diaryl/α,β-unsaturated/α-hetero) is 1. The van der Waals surface area contributed by atoms with Gasteiger partial charge in [0.05, 0.1) is 16.9 Å². The number of carbonyl (C=O) groups excluding carboxylic acids is 2. The minimum atomic E-state index is -3.82. The summed E-state index contributed by atoms with van der Waals surface area (Å²) in [5.41, 5.74) is 0.998. The Labute approximate surface area is 187 Å². The quantitative estimate of drug-likeness (QED) is 0.530. The highest BCUT2D eigenvalue weighted by atomic mass is 32.2. The third kappa shape index (κ3) is 5.80. The van der Waals surface area contributed by atoms with Crippen LogP contribution in [0.5, 0.6) is 0 Å². The van der Waals surface area contributed by atoms with Gasteiger partial charge in [-0.2, -0.15) is 4.31 Å². The Hall–Kier alpha value is -3.04. The average molecular weight is 459 g/mol. The van der Waals surface area contributed by atoms with Crippen molar-refractivity contribution >= 4 is 27.7 Å². The molecule has 9 heteroatoms. The van der Waals surface area contributed by atoms with E-state index in [0.29, 0.717) is 12.8 Å². The molecule has 1 heterocycles. The van der Waals surface area contributed by atoms with Gasteiger partial charge in [0.25, 0.3) is 0 Å². The maximum Gasteiger partial charge on any atom is 0.308 e. The predicted octanol–water partition coefficient (Wildman–Crippen LogP) is 1.86. The largest absolute Gasteiger partial charge is 0.481 e. The summed E-state index contributed by atoms with van der Waals surface area (Å²) in [6.07, 6.45) is 0.730. The lowest BCUT2D eigenvalue weighted by atomic mass is 9.93. The van der Waals surface area contributed by atoms with Crippen LogP contribution in [0, 0.1) is 5.92 Å². The fourth-order valence-corrected chi connectivity index (χ4v) is 5.23. The van der Waals surface area contributed by atoms with Crippen LogP contribution in [-0.2, 0) is 30.8 Å². The van der Waals surface area contributed by atoms with Crippen molar-refractivity contribution in [3.63, 3.8) is 0 Å². The molecule has 8 nitrogen and oxygen atoms in total. The van der Waals surface area contributed by atoms with Crippen LogP contribution in [0.1, 0.15) is 24.8 Å². The van der Waals surface area contributed by atoms with Gasteiger partial charge in [0.1, 0.15) is 0 Å². The zero-order valence-corrected chi connectivity index (χ0v) is 18.3. The number of amides is 1. The molecule has 2 N–H and O–H groups in total. The highest BCUT2D eigenvalue weighted by Crippen LogP contribution is 2.28. The van der Waals surface area contributed by atoms with Crippen molar-refractivity contribution in [1.29, 1.82) is 0 Å². The minimum absolute atomic E-state index is 0.0953. The van der Waals surface area contributed by atoms with Gasteiger partial charge >= 0.3 is 5.97 Å². The Morgan fingerprint density at radius 2 is 1.66 bits per heavy atom. The van der Waals surface area contributed by atoms with Crippen molar-refractivity contribution < 1.29 is 27.9 Å². The number of carboxylic acid groups (broad SMARTS) is 1. The van der Waals surface area contributed by atoms with Crippen molar-refractivity contribution in [3.8, 4) is 0 Å². The van der Waals surface area contributed by atoms with E-state index in [4.69, 9.17) is 0 Å². The number of carbonyl (C=O) groups is 3. The Balaban J connectivity index is 1.53. The van der Waals surface area contributed by atoms with Gasteiger partial charge in [-0.15, -0.1) is 0 Å². The van der Waals surface area contributed by atoms with Crippen molar-refractivity contribution in [1.82, 2.24) is 9.62 Å². The van der Waals surface area contributed by atoms with Crippen LogP contribution in [0.3, 0.4) is 0 Å². The van der Waals surface area contributed by atoms with E-state index in [-0.39, 0.29) is 36.7 Å². The van der Waals surface area contributed by atoms with Gasteiger partial charge in [-0.25, -0.2) is 8.42 Å². The maximum atomic E-state index is 12.8. The van der Waals surface area contributed by atoms with Crippen LogP contribution in [0.25, 0.3) is 0 Å². The van der Waals surface area contributed by atoms with Gasteiger partial charge in [0.2, 0.25) is 15.9 Å². The zero-order valence-electron chi connectivity index (χ0n) is 17.5. The molecule has 32 heavy (non-hydrogen) atoms. The molecule has 2 aromatic rings. The highest BCUT2D eigenvalue weighted by molar-refractivity contribution is 7.89. The summed E-state index contributed by atoms with van der Waals surface area (Å²) in [5.74, 6) is -3.09. The maximum absolute atomic E-state index is 12.8. The smallest absolute Gasteiger partial charge is 0.308 e. The van der Waals surface area contributed by atoms with E-state index in [2.05, 4.69) is 5.32 Å². The van der Waals surface area contributed by atoms with E-state index in [0.717, 1.165) is 9.87 Å². The summed E-state index contributed by atoms with van der Waals surface area (Å²) in [6.45, 7) is 0.0223. The van der Waals surface area contributed by atoms with Crippen LogP contribution in [0.2, 0.25) is 0 Å². The number of aliphatic carboxylic acids is 1. The molecule has 0 radical (unpaired) electrons. The SMILES string of the molecule is O=C(CCc1ccccc1)NCC(CC(=O)C1CCN1S(=O)(=O)c1ccccc1)C(=O)O. The third-order valence-electron chi connectivity index (χ3n) is 5.52. The summed E-state index contributed by atoms with van der Waals surface area (Å²) in [4.78, 5) is 36.5. The topological polar surface area (TPSA) is 121 Å². The molecule has 1 fully saturated rings. The zero-order chi connectivity index (χ0) is 23.1. The molecule has 1 saturated heterocycles. The second-order valence-corrected chi connectivity index (χ2v) is 9.62. The molecule has 1 aliphatic heterocycles. The summed E-state index contributed by atoms with van der Waals surface area (Å²) >= 11 is 0. The average Bonchev–Trinajstić information content (AvgIpc) is 2.75. The van der Waals surface area contributed by atoms with E-state index >= 15 is 0 Å². The molecule has 2 unspecified atom stereocenters. The summed E-state index contributed by atoms with van der Waals surface area (Å²) < 4.78 is 26.6. The molecule has 0 saturated carbocycles. The molecule has 0 bridgehead atoms. The van der Waals surface area contributed by atoms with Crippen LogP contribution in [-0.4, -0.2) is 54.6 Å². The van der Waals surface area contributed by atoms with Gasteiger partial charge in [0.15, 0.2) is 5.78 Å². The monoisotopic (exact) mass is 458 g/mol. The Bertz CT molecular complexity index is 1060. The van der Waals surface area contributed by atoms with Crippen molar-refractivity contribution in [2.24, 2.45) is 5.92 Å². The van der Waals surface area contributed by atoms with Crippen molar-refractivity contribution in [3.05, 3.63) is 66.2 Å². The van der Waals surface area contributed by atoms with E-state index in [1.54, 1.807) is 18.2 Å². The first-order valence-electron chi connectivity index (χ1n) is 10.4. The second kappa shape index (κ2) is 10.5. The van der Waals surface area contributed by atoms with Crippen LogP contribution < -0.4 is 5.32 Å². The number of benzene rings is 2. The molecule has 2 aromatic carbocycles. The van der Waals surface area contributed by atoms with Crippen molar-refractivity contribution in [2.75, 3.05) is 13.1 Å². The van der Waals surface area contributed by atoms with E-state index in [1.807, 2.05) is 30.3 Å². The molecule has 1 aliphatic rings. The number of rotatable bonds is 11. The number of hydrogen-bond acceptors (Lipinski definition) is 5. The number of sulfonamides is 1. The summed E-state index contributed by atoms with van der Waals surface area (Å²) in [5, 5.41) is 12.1. The van der Waals surface area contributed by atoms with Crippen LogP contribution >= 0.6 is 0 Å². The molecule has 0 aromatic heterocycles. The lowest BCUT2D eigenvalue weighted by Crippen LogP contribution is -2.55. The van der Waals surface area contributed by atoms with E-state index < -0.39 is 33.7 Å². The number of nitrogens with one attached hydrogen (secondary N) is 1. The molecule has 3 rings (SSSR count). The summed E-state index contributed by atoms with van der Waals surface area (Å²) in [7, 11) is -3.82. The van der Waals surface area contributed by atoms with Gasteiger partial charge < -0.3 is 10.4 Å². The molecule has 2 atom stereocenters. The van der Waals surface area contributed by atoms with E-state index in [9.17, 15) is 27.9 Å². The molecule has 170 valence electrons. The van der Waals surface area contributed by atoms with Gasteiger partial charge in [-0.05, 0) is 30.5 Å². The molecule has 0 aliphatic carbocycles. The first-order valence-corrected chi connectivity index (χ1v) is 11.9. The number of carboxylic acids is 1. The predicted molar refractivity (Wildman–Crippen MR) is 117 cm³/mol. The normalized spacial score (nSPS) is 17.2. The van der Waals surface area contributed by atoms with Gasteiger partial charge in [-0.1, -0.05) is 48.5 Å². The first-order chi connectivity index (χ1) is 15.3. The Morgan fingerprint density at radius 1 is 1.03 bits per heavy atom. The molecule has 0 spiro atoms. The Kier molecular flexibility index (Phi) is 7.76. The fraction of sp³-hybridized carbons (Fsp3) is 0.348. The Morgan fingerprint density at radius 3 is 2.22 bits per heavy atom. The van der Waals surface area contributed by atoms with E-state index in [1.165, 1.54) is 12.1 Å². The number of nitrogens with zero attached hydrogens (tertiary/aromatic N) is 1. The summed E-state index contributed by atoms with van der Waals surface area (Å²) in [6, 6.07) is 16.4. The highest BCUT2D eigenvalue weighted by Gasteiger charge is 2.43. The fourth-order valence-electron chi connectivity index (χ4n) is 3.55. The molecular weight excluding hydrogens is 432 g/mol. The number of aryl methyl sites for hydroxylation is 1. The van der Waals surface area contributed by atoms with Crippen molar-refractivity contribution in [2.45, 2.75) is 36.6 Å². The molecular formula is C23H26N2O6S. The third-order valence-corrected chi connectivity index (χ3v) is 7.44. The van der Waals surface area contributed by atoms with Crippen LogP contribution in [0.15, 0.2) is 65.6 Å². The van der Waals surface area contributed by atoms with Gasteiger partial charge in [-0.3, -0.25) is 14.4 Å². The minimum Gasteiger partial charge on any atom is -0.481 e.